The number of hydrogen-bond acceptors (Lipinski definition) is 3. The molecule has 103 valence electrons. The summed E-state index contributed by atoms with van der Waals surface area (Å²) in [5, 5.41) is 7.17. The van der Waals surface area contributed by atoms with E-state index in [0.717, 1.165) is 32.4 Å². The van der Waals surface area contributed by atoms with E-state index in [1.165, 1.54) is 0 Å². The molecule has 0 bridgehead atoms. The number of rotatable bonds is 4. The van der Waals surface area contributed by atoms with Gasteiger partial charge in [-0.1, -0.05) is 0 Å². The number of nitrogens with zero attached hydrogens (tertiary/aromatic N) is 1. The van der Waals surface area contributed by atoms with Crippen LogP contribution in [0.5, 0.6) is 0 Å². The van der Waals surface area contributed by atoms with E-state index in [-0.39, 0.29) is 23.5 Å². The van der Waals surface area contributed by atoms with Gasteiger partial charge in [-0.3, -0.25) is 4.79 Å². The zero-order valence-corrected chi connectivity index (χ0v) is 11.4. The second kappa shape index (κ2) is 6.02. The van der Waals surface area contributed by atoms with Gasteiger partial charge in [0.1, 0.15) is 0 Å². The quantitative estimate of drug-likeness (QED) is 0.788. The third-order valence-corrected chi connectivity index (χ3v) is 5.46. The summed E-state index contributed by atoms with van der Waals surface area (Å²) in [6.45, 7) is 1.84. The van der Waals surface area contributed by atoms with E-state index in [2.05, 4.69) is 10.6 Å². The van der Waals surface area contributed by atoms with E-state index >= 15 is 0 Å². The molecule has 2 atom stereocenters. The highest BCUT2D eigenvalue weighted by molar-refractivity contribution is 7.91. The normalized spacial score (nSPS) is 31.1. The van der Waals surface area contributed by atoms with Crippen molar-refractivity contribution < 1.29 is 13.2 Å². The van der Waals surface area contributed by atoms with E-state index < -0.39 is 9.84 Å². The molecule has 5 nitrogen and oxygen atoms in total. The number of piperidine rings is 1. The van der Waals surface area contributed by atoms with Gasteiger partial charge in [0.2, 0.25) is 5.91 Å². The van der Waals surface area contributed by atoms with E-state index in [1.807, 2.05) is 0 Å². The SMILES string of the molecule is O=C(CCC1CCC[N]C1)NC1CCS(=O)(=O)C1. The van der Waals surface area contributed by atoms with Crippen molar-refractivity contribution in [3.05, 3.63) is 0 Å². The van der Waals surface area contributed by atoms with Crippen molar-refractivity contribution in [2.45, 2.75) is 38.1 Å². The second-order valence-electron chi connectivity index (χ2n) is 5.34. The van der Waals surface area contributed by atoms with E-state index in [1.54, 1.807) is 0 Å². The van der Waals surface area contributed by atoms with Gasteiger partial charge in [0.15, 0.2) is 9.84 Å². The summed E-state index contributed by atoms with van der Waals surface area (Å²) in [6, 6.07) is -0.168. The van der Waals surface area contributed by atoms with Crippen LogP contribution in [0.1, 0.15) is 32.1 Å². The summed E-state index contributed by atoms with van der Waals surface area (Å²) in [5.74, 6) is 0.844. The van der Waals surface area contributed by atoms with E-state index in [9.17, 15) is 13.2 Å². The van der Waals surface area contributed by atoms with Gasteiger partial charge in [-0.15, -0.1) is 0 Å². The molecule has 0 aliphatic carbocycles. The first-order valence-corrected chi connectivity index (χ1v) is 8.50. The number of sulfone groups is 1. The molecule has 0 saturated carbocycles. The zero-order chi connectivity index (χ0) is 13.0. The maximum atomic E-state index is 11.7. The third kappa shape index (κ3) is 4.24. The maximum absolute atomic E-state index is 11.7. The Morgan fingerprint density at radius 2 is 2.17 bits per heavy atom. The first kappa shape index (κ1) is 13.8. The van der Waals surface area contributed by atoms with E-state index in [4.69, 9.17) is 0 Å². The van der Waals surface area contributed by atoms with Crippen molar-refractivity contribution in [3.8, 4) is 0 Å². The summed E-state index contributed by atoms with van der Waals surface area (Å²) in [7, 11) is -2.91. The average molecular weight is 273 g/mol. The fourth-order valence-corrected chi connectivity index (χ4v) is 4.31. The standard InChI is InChI=1S/C12H21N2O3S/c15-12(4-3-10-2-1-6-13-8-10)14-11-5-7-18(16,17)9-11/h10-11H,1-9H2,(H,14,15). The molecular weight excluding hydrogens is 252 g/mol. The average Bonchev–Trinajstić information content (AvgIpc) is 2.67. The minimum atomic E-state index is -2.91. The Hall–Kier alpha value is -0.620. The lowest BCUT2D eigenvalue weighted by Gasteiger charge is -2.21. The molecule has 1 N–H and O–H groups in total. The smallest absolute Gasteiger partial charge is 0.220 e. The summed E-state index contributed by atoms with van der Waals surface area (Å²) >= 11 is 0. The molecular formula is C12H21N2O3S. The summed E-state index contributed by atoms with van der Waals surface area (Å²) in [5.41, 5.74) is 0. The highest BCUT2D eigenvalue weighted by Crippen LogP contribution is 2.17. The monoisotopic (exact) mass is 273 g/mol. The van der Waals surface area contributed by atoms with E-state index in [0.29, 0.717) is 18.8 Å². The van der Waals surface area contributed by atoms with Crippen molar-refractivity contribution >= 4 is 15.7 Å². The minimum Gasteiger partial charge on any atom is -0.352 e. The van der Waals surface area contributed by atoms with Gasteiger partial charge in [-0.05, 0) is 31.6 Å². The molecule has 2 saturated heterocycles. The molecule has 2 aliphatic rings. The zero-order valence-electron chi connectivity index (χ0n) is 10.6. The maximum Gasteiger partial charge on any atom is 0.220 e. The minimum absolute atomic E-state index is 0.0114. The van der Waals surface area contributed by atoms with Gasteiger partial charge in [-0.2, -0.15) is 0 Å². The number of amides is 1. The topological polar surface area (TPSA) is 77.3 Å². The predicted molar refractivity (Wildman–Crippen MR) is 69.0 cm³/mol. The van der Waals surface area contributed by atoms with Gasteiger partial charge in [0, 0.05) is 25.6 Å². The molecule has 0 aromatic heterocycles. The summed E-state index contributed by atoms with van der Waals surface area (Å²) in [6.07, 6.45) is 4.22. The Morgan fingerprint density at radius 3 is 2.78 bits per heavy atom. The fourth-order valence-electron chi connectivity index (χ4n) is 2.64. The number of carbonyl (C=O) groups is 1. The molecule has 0 spiro atoms. The fraction of sp³-hybridized carbons (Fsp3) is 0.917. The lowest BCUT2D eigenvalue weighted by molar-refractivity contribution is -0.121. The highest BCUT2D eigenvalue weighted by Gasteiger charge is 2.28. The van der Waals surface area contributed by atoms with Gasteiger partial charge in [0.05, 0.1) is 11.5 Å². The van der Waals surface area contributed by atoms with Crippen LogP contribution in [-0.2, 0) is 14.6 Å². The van der Waals surface area contributed by atoms with Crippen LogP contribution in [0, 0.1) is 5.92 Å². The first-order valence-electron chi connectivity index (χ1n) is 6.68. The number of hydrogen-bond donors (Lipinski definition) is 1. The molecule has 0 aromatic carbocycles. The molecule has 2 heterocycles. The lowest BCUT2D eigenvalue weighted by atomic mass is 9.94. The Balaban J connectivity index is 1.66. The molecule has 18 heavy (non-hydrogen) atoms. The number of carbonyl (C=O) groups excluding carboxylic acids is 1. The lowest BCUT2D eigenvalue weighted by Crippen LogP contribution is -2.36. The summed E-state index contributed by atoms with van der Waals surface area (Å²) in [4.78, 5) is 11.7. The van der Waals surface area contributed by atoms with Crippen LogP contribution in [0.2, 0.25) is 0 Å². The summed E-state index contributed by atoms with van der Waals surface area (Å²) < 4.78 is 22.5. The molecule has 0 aromatic rings. The van der Waals surface area contributed by atoms with Crippen LogP contribution in [-0.4, -0.2) is 45.0 Å². The Bertz CT molecular complexity index is 388. The molecule has 1 radical (unpaired) electrons. The van der Waals surface area contributed by atoms with Gasteiger partial charge in [-0.25, -0.2) is 13.7 Å². The Labute approximate surface area is 109 Å². The van der Waals surface area contributed by atoms with Crippen LogP contribution in [0.4, 0.5) is 0 Å². The van der Waals surface area contributed by atoms with Crippen LogP contribution in [0.15, 0.2) is 0 Å². The van der Waals surface area contributed by atoms with Crippen molar-refractivity contribution in [2.75, 3.05) is 24.6 Å². The molecule has 6 heteroatoms. The van der Waals surface area contributed by atoms with Gasteiger partial charge < -0.3 is 5.32 Å². The molecule has 2 fully saturated rings. The molecule has 1 amide bonds. The molecule has 2 aliphatic heterocycles. The molecule has 2 unspecified atom stereocenters. The highest BCUT2D eigenvalue weighted by atomic mass is 32.2. The van der Waals surface area contributed by atoms with Crippen molar-refractivity contribution in [1.82, 2.24) is 10.6 Å². The van der Waals surface area contributed by atoms with Crippen LogP contribution in [0.3, 0.4) is 0 Å². The van der Waals surface area contributed by atoms with Gasteiger partial charge in [0.25, 0.3) is 0 Å². The Kier molecular flexibility index (Phi) is 4.61. The van der Waals surface area contributed by atoms with Gasteiger partial charge >= 0.3 is 0 Å². The van der Waals surface area contributed by atoms with Crippen molar-refractivity contribution in [1.29, 1.82) is 0 Å². The number of nitrogens with one attached hydrogen (secondary N) is 1. The van der Waals surface area contributed by atoms with Crippen LogP contribution in [0.25, 0.3) is 0 Å². The third-order valence-electron chi connectivity index (χ3n) is 3.69. The predicted octanol–water partition coefficient (Wildman–Crippen LogP) is 0.0843. The molecule has 2 rings (SSSR count). The Morgan fingerprint density at radius 1 is 1.33 bits per heavy atom. The van der Waals surface area contributed by atoms with Crippen molar-refractivity contribution in [3.63, 3.8) is 0 Å². The van der Waals surface area contributed by atoms with Crippen LogP contribution < -0.4 is 10.6 Å². The van der Waals surface area contributed by atoms with Crippen LogP contribution >= 0.6 is 0 Å². The second-order valence-corrected chi connectivity index (χ2v) is 7.57. The first-order chi connectivity index (χ1) is 8.55. The van der Waals surface area contributed by atoms with Crippen molar-refractivity contribution in [2.24, 2.45) is 5.92 Å². The largest absolute Gasteiger partial charge is 0.352 e.